The number of tetrazole rings is 1. The van der Waals surface area contributed by atoms with Gasteiger partial charge in [0.2, 0.25) is 5.91 Å². The quantitative estimate of drug-likeness (QED) is 0.882. The van der Waals surface area contributed by atoms with Crippen molar-refractivity contribution in [1.82, 2.24) is 25.9 Å². The van der Waals surface area contributed by atoms with Gasteiger partial charge in [0.15, 0.2) is 5.82 Å². The van der Waals surface area contributed by atoms with Crippen molar-refractivity contribution in [3.63, 3.8) is 0 Å². The summed E-state index contributed by atoms with van der Waals surface area (Å²) >= 11 is 0. The Hall–Kier alpha value is -2.31. The molecular weight excluding hydrogens is 309 g/mol. The number of H-pyrrole nitrogens is 1. The minimum absolute atomic E-state index is 0.104. The van der Waals surface area contributed by atoms with Crippen LogP contribution in [-0.4, -0.2) is 26.5 Å². The van der Waals surface area contributed by atoms with Crippen LogP contribution in [0.5, 0.6) is 0 Å². The highest BCUT2D eigenvalue weighted by Gasteiger charge is 2.46. The fraction of sp³-hybridized carbons (Fsp3) is 0.529. The predicted octanol–water partition coefficient (Wildman–Crippen LogP) is 2.34. The van der Waals surface area contributed by atoms with Crippen LogP contribution in [0.2, 0.25) is 0 Å². The van der Waals surface area contributed by atoms with Crippen molar-refractivity contribution >= 4 is 5.91 Å². The third-order valence-corrected chi connectivity index (χ3v) is 5.20. The molecule has 2 fully saturated rings. The van der Waals surface area contributed by atoms with E-state index in [0.29, 0.717) is 31.1 Å². The highest BCUT2D eigenvalue weighted by molar-refractivity contribution is 5.87. The standard InChI is InChI=1S/C17H20FN5O/c18-14-9-11(3-6-13(14)12-4-5-12)10-19-16(24)17(7-1-2-8-17)15-20-22-23-21-15/h3,6,9,12H,1-2,4-5,7-8,10H2,(H,19,24)(H,20,21,22,23). The van der Waals surface area contributed by atoms with Gasteiger partial charge in [0.1, 0.15) is 11.2 Å². The molecule has 2 aliphatic carbocycles. The van der Waals surface area contributed by atoms with Crippen LogP contribution >= 0.6 is 0 Å². The summed E-state index contributed by atoms with van der Waals surface area (Å²) in [6, 6.07) is 5.27. The van der Waals surface area contributed by atoms with E-state index in [1.54, 1.807) is 0 Å². The maximum absolute atomic E-state index is 14.1. The zero-order chi connectivity index (χ0) is 16.6. The summed E-state index contributed by atoms with van der Waals surface area (Å²) in [4.78, 5) is 12.8. The van der Waals surface area contributed by atoms with Crippen LogP contribution < -0.4 is 5.32 Å². The number of rotatable bonds is 5. The molecule has 24 heavy (non-hydrogen) atoms. The molecule has 1 aromatic carbocycles. The van der Waals surface area contributed by atoms with E-state index in [4.69, 9.17) is 0 Å². The van der Waals surface area contributed by atoms with E-state index >= 15 is 0 Å². The number of amides is 1. The van der Waals surface area contributed by atoms with Gasteiger partial charge in [-0.1, -0.05) is 30.2 Å². The Morgan fingerprint density at radius 2 is 2.12 bits per heavy atom. The first-order valence-electron chi connectivity index (χ1n) is 8.49. The molecule has 0 unspecified atom stereocenters. The molecule has 0 radical (unpaired) electrons. The van der Waals surface area contributed by atoms with Crippen LogP contribution in [-0.2, 0) is 16.8 Å². The first-order valence-corrected chi connectivity index (χ1v) is 8.49. The summed E-state index contributed by atoms with van der Waals surface area (Å²) in [5.41, 5.74) is 0.857. The lowest BCUT2D eigenvalue weighted by Gasteiger charge is -2.23. The van der Waals surface area contributed by atoms with Crippen molar-refractivity contribution < 1.29 is 9.18 Å². The summed E-state index contributed by atoms with van der Waals surface area (Å²) in [6.07, 6.45) is 5.50. The van der Waals surface area contributed by atoms with E-state index in [2.05, 4.69) is 25.9 Å². The largest absolute Gasteiger partial charge is 0.351 e. The molecule has 7 heteroatoms. The number of nitrogens with one attached hydrogen (secondary N) is 2. The van der Waals surface area contributed by atoms with Crippen LogP contribution in [0.4, 0.5) is 4.39 Å². The number of aromatic amines is 1. The number of carbonyl (C=O) groups is 1. The molecule has 0 saturated heterocycles. The van der Waals surface area contributed by atoms with Crippen molar-refractivity contribution in [1.29, 1.82) is 0 Å². The third-order valence-electron chi connectivity index (χ3n) is 5.20. The number of halogens is 1. The Morgan fingerprint density at radius 3 is 2.75 bits per heavy atom. The van der Waals surface area contributed by atoms with Gasteiger partial charge < -0.3 is 5.32 Å². The summed E-state index contributed by atoms with van der Waals surface area (Å²) in [6.45, 7) is 0.306. The van der Waals surface area contributed by atoms with Crippen LogP contribution in [0.3, 0.4) is 0 Å². The van der Waals surface area contributed by atoms with Crippen LogP contribution in [0.25, 0.3) is 0 Å². The fourth-order valence-corrected chi connectivity index (χ4v) is 3.65. The molecule has 2 aliphatic rings. The summed E-state index contributed by atoms with van der Waals surface area (Å²) in [7, 11) is 0. The number of hydrogen-bond donors (Lipinski definition) is 2. The molecule has 0 atom stereocenters. The zero-order valence-corrected chi connectivity index (χ0v) is 13.4. The van der Waals surface area contributed by atoms with Crippen LogP contribution in [0.1, 0.15) is 61.4 Å². The molecule has 1 amide bonds. The van der Waals surface area contributed by atoms with Crippen molar-refractivity contribution in [2.45, 2.75) is 56.4 Å². The van der Waals surface area contributed by atoms with E-state index in [0.717, 1.165) is 36.8 Å². The van der Waals surface area contributed by atoms with Gasteiger partial charge in [-0.3, -0.25) is 4.79 Å². The summed E-state index contributed by atoms with van der Waals surface area (Å²) in [5, 5.41) is 17.0. The average molecular weight is 329 g/mol. The monoisotopic (exact) mass is 329 g/mol. The van der Waals surface area contributed by atoms with E-state index < -0.39 is 5.41 Å². The van der Waals surface area contributed by atoms with Gasteiger partial charge in [0, 0.05) is 6.54 Å². The molecular formula is C17H20FN5O. The lowest BCUT2D eigenvalue weighted by atomic mass is 9.84. The second kappa shape index (κ2) is 5.96. The Kier molecular flexibility index (Phi) is 3.78. The van der Waals surface area contributed by atoms with Crippen LogP contribution in [0, 0.1) is 5.82 Å². The highest BCUT2D eigenvalue weighted by atomic mass is 19.1. The molecule has 6 nitrogen and oxygen atoms in total. The van der Waals surface area contributed by atoms with Crippen LogP contribution in [0.15, 0.2) is 18.2 Å². The molecule has 1 aromatic heterocycles. The minimum Gasteiger partial charge on any atom is -0.351 e. The van der Waals surface area contributed by atoms with Gasteiger partial charge in [-0.2, -0.15) is 5.21 Å². The maximum atomic E-state index is 14.1. The third kappa shape index (κ3) is 2.68. The van der Waals surface area contributed by atoms with Gasteiger partial charge in [-0.15, -0.1) is 10.2 Å². The topological polar surface area (TPSA) is 83.6 Å². The molecule has 2 saturated carbocycles. The lowest BCUT2D eigenvalue weighted by Crippen LogP contribution is -2.43. The Bertz CT molecular complexity index is 735. The highest BCUT2D eigenvalue weighted by Crippen LogP contribution is 2.41. The van der Waals surface area contributed by atoms with E-state index in [1.807, 2.05) is 12.1 Å². The number of benzene rings is 1. The molecule has 0 aliphatic heterocycles. The van der Waals surface area contributed by atoms with Crippen molar-refractivity contribution in [2.24, 2.45) is 0 Å². The summed E-state index contributed by atoms with van der Waals surface area (Å²) in [5.74, 6) is 0.562. The predicted molar refractivity (Wildman–Crippen MR) is 84.5 cm³/mol. The first-order chi connectivity index (χ1) is 11.7. The maximum Gasteiger partial charge on any atom is 0.234 e. The van der Waals surface area contributed by atoms with Gasteiger partial charge in [-0.25, -0.2) is 4.39 Å². The Labute approximate surface area is 139 Å². The van der Waals surface area contributed by atoms with E-state index in [1.165, 1.54) is 6.07 Å². The first kappa shape index (κ1) is 15.2. The Balaban J connectivity index is 1.46. The second-order valence-electron chi connectivity index (χ2n) is 6.84. The molecule has 0 bridgehead atoms. The lowest BCUT2D eigenvalue weighted by molar-refractivity contribution is -0.127. The van der Waals surface area contributed by atoms with Crippen molar-refractivity contribution in [3.8, 4) is 0 Å². The number of carbonyl (C=O) groups excluding carboxylic acids is 1. The number of nitrogens with zero attached hydrogens (tertiary/aromatic N) is 3. The molecule has 4 rings (SSSR count). The number of aromatic nitrogens is 4. The SMILES string of the molecule is O=C(NCc1ccc(C2CC2)c(F)c1)C1(c2nn[nH]n2)CCCC1. The fourth-order valence-electron chi connectivity index (χ4n) is 3.65. The summed E-state index contributed by atoms with van der Waals surface area (Å²) < 4.78 is 14.1. The van der Waals surface area contributed by atoms with Crippen molar-refractivity contribution in [2.75, 3.05) is 0 Å². The molecule has 0 spiro atoms. The van der Waals surface area contributed by atoms with Gasteiger partial charge >= 0.3 is 0 Å². The van der Waals surface area contributed by atoms with E-state index in [-0.39, 0.29) is 11.7 Å². The smallest absolute Gasteiger partial charge is 0.234 e. The normalized spacial score (nSPS) is 19.4. The average Bonchev–Trinajstić information content (AvgIpc) is 3.07. The second-order valence-corrected chi connectivity index (χ2v) is 6.84. The molecule has 2 N–H and O–H groups in total. The Morgan fingerprint density at radius 1 is 1.33 bits per heavy atom. The van der Waals surface area contributed by atoms with Gasteiger partial charge in [0.25, 0.3) is 0 Å². The zero-order valence-electron chi connectivity index (χ0n) is 13.4. The van der Waals surface area contributed by atoms with Gasteiger partial charge in [-0.05, 0) is 48.8 Å². The van der Waals surface area contributed by atoms with Gasteiger partial charge in [0.05, 0.1) is 0 Å². The molecule has 126 valence electrons. The van der Waals surface area contributed by atoms with E-state index in [9.17, 15) is 9.18 Å². The molecule has 2 aromatic rings. The minimum atomic E-state index is -0.709. The van der Waals surface area contributed by atoms with Crippen molar-refractivity contribution in [3.05, 3.63) is 41.0 Å². The molecule has 1 heterocycles. The number of hydrogen-bond acceptors (Lipinski definition) is 4.